The fraction of sp³-hybridized carbons (Fsp3) is 0.389. The summed E-state index contributed by atoms with van der Waals surface area (Å²) in [6.07, 6.45) is 3.62. The molecular formula is C18H20N6O3. The number of carbonyl (C=O) groups excluding carboxylic acids is 1. The third kappa shape index (κ3) is 3.97. The lowest BCUT2D eigenvalue weighted by Gasteiger charge is -2.32. The van der Waals surface area contributed by atoms with Gasteiger partial charge in [0, 0.05) is 20.0 Å². The fourth-order valence-electron chi connectivity index (χ4n) is 3.11. The van der Waals surface area contributed by atoms with E-state index in [-0.39, 0.29) is 18.6 Å². The highest BCUT2D eigenvalue weighted by Gasteiger charge is 2.26. The molecule has 0 aliphatic carbocycles. The Bertz CT molecular complexity index is 907. The summed E-state index contributed by atoms with van der Waals surface area (Å²) in [6.45, 7) is 3.05. The van der Waals surface area contributed by atoms with E-state index in [2.05, 4.69) is 20.5 Å². The second kappa shape index (κ2) is 7.56. The summed E-state index contributed by atoms with van der Waals surface area (Å²) in [4.78, 5) is 18.5. The zero-order valence-corrected chi connectivity index (χ0v) is 15.0. The summed E-state index contributed by atoms with van der Waals surface area (Å²) in [6, 6.07) is 9.40. The van der Waals surface area contributed by atoms with E-state index in [0.29, 0.717) is 29.7 Å². The average Bonchev–Trinajstić information content (AvgIpc) is 3.36. The highest BCUT2D eigenvalue weighted by molar-refractivity contribution is 5.77. The van der Waals surface area contributed by atoms with E-state index in [1.165, 1.54) is 0 Å². The molecule has 3 heterocycles. The molecule has 0 N–H and O–H groups in total. The Labute approximate surface area is 155 Å². The van der Waals surface area contributed by atoms with Gasteiger partial charge in [-0.15, -0.1) is 5.10 Å². The van der Waals surface area contributed by atoms with Crippen LogP contribution >= 0.6 is 0 Å². The minimum absolute atomic E-state index is 0.0292. The SMILES string of the molecule is Cc1nc(-c2cn([C@@H]3CCCN(C(=O)COc4ccccc4)C3)nn2)no1. The van der Waals surface area contributed by atoms with E-state index in [1.807, 2.05) is 35.2 Å². The molecule has 9 heteroatoms. The van der Waals surface area contributed by atoms with Crippen molar-refractivity contribution in [3.8, 4) is 17.3 Å². The number of ether oxygens (including phenoxy) is 1. The molecule has 2 aromatic heterocycles. The van der Waals surface area contributed by atoms with Crippen LogP contribution in [0.1, 0.15) is 24.8 Å². The van der Waals surface area contributed by atoms with Gasteiger partial charge in [-0.05, 0) is 25.0 Å². The molecule has 0 spiro atoms. The van der Waals surface area contributed by atoms with Gasteiger partial charge in [0.1, 0.15) is 5.75 Å². The number of para-hydroxylation sites is 1. The van der Waals surface area contributed by atoms with Crippen molar-refractivity contribution in [3.05, 3.63) is 42.4 Å². The van der Waals surface area contributed by atoms with E-state index in [9.17, 15) is 4.79 Å². The lowest BCUT2D eigenvalue weighted by atomic mass is 10.1. The molecule has 0 unspecified atom stereocenters. The van der Waals surface area contributed by atoms with E-state index in [0.717, 1.165) is 19.4 Å². The number of piperidine rings is 1. The summed E-state index contributed by atoms with van der Waals surface area (Å²) in [5, 5.41) is 12.2. The Morgan fingerprint density at radius 3 is 2.96 bits per heavy atom. The lowest BCUT2D eigenvalue weighted by Crippen LogP contribution is -2.43. The van der Waals surface area contributed by atoms with Crippen molar-refractivity contribution in [3.63, 3.8) is 0 Å². The zero-order valence-electron chi connectivity index (χ0n) is 15.0. The first kappa shape index (κ1) is 17.2. The van der Waals surface area contributed by atoms with Gasteiger partial charge < -0.3 is 14.2 Å². The van der Waals surface area contributed by atoms with Gasteiger partial charge in [0.2, 0.25) is 11.7 Å². The number of rotatable bonds is 5. The Balaban J connectivity index is 1.38. The Morgan fingerprint density at radius 1 is 1.33 bits per heavy atom. The van der Waals surface area contributed by atoms with Crippen LogP contribution < -0.4 is 4.74 Å². The molecule has 9 nitrogen and oxygen atoms in total. The number of nitrogens with zero attached hydrogens (tertiary/aromatic N) is 6. The zero-order chi connectivity index (χ0) is 18.6. The molecule has 27 heavy (non-hydrogen) atoms. The van der Waals surface area contributed by atoms with Crippen LogP contribution in [0.5, 0.6) is 5.75 Å². The maximum absolute atomic E-state index is 12.5. The predicted octanol–water partition coefficient (Wildman–Crippen LogP) is 1.88. The average molecular weight is 368 g/mol. The van der Waals surface area contributed by atoms with E-state index >= 15 is 0 Å². The van der Waals surface area contributed by atoms with Crippen molar-refractivity contribution in [2.45, 2.75) is 25.8 Å². The quantitative estimate of drug-likeness (QED) is 0.678. The van der Waals surface area contributed by atoms with Crippen LogP contribution in [0.2, 0.25) is 0 Å². The second-order valence-corrected chi connectivity index (χ2v) is 6.46. The van der Waals surface area contributed by atoms with Crippen LogP contribution in [0.4, 0.5) is 0 Å². The Morgan fingerprint density at radius 2 is 2.19 bits per heavy atom. The highest BCUT2D eigenvalue weighted by Crippen LogP contribution is 2.23. The summed E-state index contributed by atoms with van der Waals surface area (Å²) in [7, 11) is 0. The van der Waals surface area contributed by atoms with Crippen molar-refractivity contribution in [2.75, 3.05) is 19.7 Å². The molecule has 0 bridgehead atoms. The van der Waals surface area contributed by atoms with Crippen molar-refractivity contribution in [2.24, 2.45) is 0 Å². The van der Waals surface area contributed by atoms with Gasteiger partial charge in [-0.2, -0.15) is 4.98 Å². The molecule has 1 fully saturated rings. The second-order valence-electron chi connectivity index (χ2n) is 6.46. The number of hydrogen-bond acceptors (Lipinski definition) is 7. The number of amides is 1. The summed E-state index contributed by atoms with van der Waals surface area (Å²) >= 11 is 0. The molecule has 4 rings (SSSR count). The highest BCUT2D eigenvalue weighted by atomic mass is 16.5. The normalized spacial score (nSPS) is 17.1. The van der Waals surface area contributed by atoms with Gasteiger partial charge >= 0.3 is 0 Å². The molecule has 1 saturated heterocycles. The van der Waals surface area contributed by atoms with Gasteiger partial charge in [-0.1, -0.05) is 28.6 Å². The van der Waals surface area contributed by atoms with Gasteiger partial charge in [0.25, 0.3) is 5.91 Å². The number of aryl methyl sites for hydroxylation is 1. The van der Waals surface area contributed by atoms with Gasteiger partial charge in [-0.3, -0.25) is 4.79 Å². The standard InChI is InChI=1S/C18H20N6O3/c1-13-19-18(21-27-13)16-11-24(22-20-16)14-6-5-9-23(10-14)17(25)12-26-15-7-3-2-4-8-15/h2-4,7-8,11,14H,5-6,9-10,12H2,1H3/t14-/m1/s1. The fourth-order valence-corrected chi connectivity index (χ4v) is 3.11. The molecule has 1 amide bonds. The monoisotopic (exact) mass is 368 g/mol. The minimum atomic E-state index is -0.0299. The lowest BCUT2D eigenvalue weighted by molar-refractivity contribution is -0.135. The van der Waals surface area contributed by atoms with Crippen LogP contribution in [-0.4, -0.2) is 55.6 Å². The molecule has 1 atom stereocenters. The molecule has 1 aromatic carbocycles. The smallest absolute Gasteiger partial charge is 0.260 e. The number of aromatic nitrogens is 5. The molecule has 0 radical (unpaired) electrons. The van der Waals surface area contributed by atoms with E-state index < -0.39 is 0 Å². The van der Waals surface area contributed by atoms with Crippen molar-refractivity contribution in [1.29, 1.82) is 0 Å². The summed E-state index contributed by atoms with van der Waals surface area (Å²) < 4.78 is 12.3. The van der Waals surface area contributed by atoms with Gasteiger partial charge in [0.05, 0.1) is 12.2 Å². The maximum Gasteiger partial charge on any atom is 0.260 e. The third-order valence-corrected chi connectivity index (χ3v) is 4.50. The van der Waals surface area contributed by atoms with Crippen LogP contribution in [-0.2, 0) is 4.79 Å². The van der Waals surface area contributed by atoms with Crippen molar-refractivity contribution >= 4 is 5.91 Å². The number of benzene rings is 1. The van der Waals surface area contributed by atoms with Crippen LogP contribution in [0.3, 0.4) is 0 Å². The maximum atomic E-state index is 12.5. The third-order valence-electron chi connectivity index (χ3n) is 4.50. The molecule has 1 aliphatic heterocycles. The van der Waals surface area contributed by atoms with Crippen LogP contribution in [0.25, 0.3) is 11.5 Å². The predicted molar refractivity (Wildman–Crippen MR) is 94.8 cm³/mol. The Kier molecular flexibility index (Phi) is 4.82. The van der Waals surface area contributed by atoms with Crippen molar-refractivity contribution in [1.82, 2.24) is 30.0 Å². The van der Waals surface area contributed by atoms with Crippen LogP contribution in [0.15, 0.2) is 41.1 Å². The molecule has 1 aliphatic rings. The topological polar surface area (TPSA) is 99.2 Å². The first-order valence-electron chi connectivity index (χ1n) is 8.87. The number of likely N-dealkylation sites (tertiary alicyclic amines) is 1. The van der Waals surface area contributed by atoms with Crippen molar-refractivity contribution < 1.29 is 14.1 Å². The summed E-state index contributed by atoms with van der Waals surface area (Å²) in [5.74, 6) is 1.56. The molecule has 0 saturated carbocycles. The van der Waals surface area contributed by atoms with Crippen LogP contribution in [0, 0.1) is 6.92 Å². The Hall–Kier alpha value is -3.23. The first-order valence-corrected chi connectivity index (χ1v) is 8.87. The molecular weight excluding hydrogens is 348 g/mol. The minimum Gasteiger partial charge on any atom is -0.484 e. The number of hydrogen-bond donors (Lipinski definition) is 0. The van der Waals surface area contributed by atoms with E-state index in [4.69, 9.17) is 9.26 Å². The molecule has 3 aromatic rings. The molecule has 140 valence electrons. The summed E-state index contributed by atoms with van der Waals surface area (Å²) in [5.41, 5.74) is 0.558. The largest absolute Gasteiger partial charge is 0.484 e. The first-order chi connectivity index (χ1) is 13.2. The van der Waals surface area contributed by atoms with Gasteiger partial charge in [-0.25, -0.2) is 4.68 Å². The van der Waals surface area contributed by atoms with E-state index in [1.54, 1.807) is 17.8 Å². The van der Waals surface area contributed by atoms with Gasteiger partial charge in [0.15, 0.2) is 12.3 Å². The number of carbonyl (C=O) groups is 1.